The highest BCUT2D eigenvalue weighted by molar-refractivity contribution is 6.11. The number of hydrogen-bond donors (Lipinski definition) is 3. The highest BCUT2D eigenvalue weighted by Gasteiger charge is 2.60. The van der Waals surface area contributed by atoms with Crippen LogP contribution in [0, 0.1) is 12.8 Å². The Balaban J connectivity index is 1.53. The molecule has 0 aliphatic carbocycles. The third-order valence-corrected chi connectivity index (χ3v) is 6.99. The van der Waals surface area contributed by atoms with E-state index in [0.29, 0.717) is 30.0 Å². The number of benzene rings is 3. The fraction of sp³-hybridized carbons (Fsp3) is 0.286. The van der Waals surface area contributed by atoms with E-state index in [1.807, 2.05) is 43.3 Å². The molecule has 1 saturated heterocycles. The average molecular weight is 472 g/mol. The molecule has 2 aliphatic heterocycles. The van der Waals surface area contributed by atoms with Crippen molar-refractivity contribution < 1.29 is 19.1 Å². The van der Waals surface area contributed by atoms with Crippen LogP contribution in [0.2, 0.25) is 0 Å². The number of amides is 2. The van der Waals surface area contributed by atoms with Crippen molar-refractivity contribution in [1.82, 2.24) is 5.32 Å². The topological polar surface area (TPSA) is 88.7 Å². The summed E-state index contributed by atoms with van der Waals surface area (Å²) in [5, 5.41) is 9.61. The van der Waals surface area contributed by atoms with Gasteiger partial charge in [0.15, 0.2) is 0 Å². The van der Waals surface area contributed by atoms with Gasteiger partial charge in [-0.2, -0.15) is 0 Å². The summed E-state index contributed by atoms with van der Waals surface area (Å²) >= 11 is 0. The molecular formula is C28H29N3O4. The molecule has 3 atom stereocenters. The summed E-state index contributed by atoms with van der Waals surface area (Å²) in [5.74, 6) is 0.0414. The maximum absolute atomic E-state index is 13.9. The molecule has 3 N–H and O–H groups in total. The molecule has 3 aromatic carbocycles. The first-order valence-electron chi connectivity index (χ1n) is 11.7. The molecule has 2 heterocycles. The van der Waals surface area contributed by atoms with Crippen molar-refractivity contribution in [3.63, 3.8) is 0 Å². The molecule has 5 rings (SSSR count). The number of aryl methyl sites for hydroxylation is 1. The molecular weight excluding hydrogens is 442 g/mol. The van der Waals surface area contributed by atoms with Crippen LogP contribution in [0.3, 0.4) is 0 Å². The molecule has 35 heavy (non-hydrogen) atoms. The molecule has 0 radical (unpaired) electrons. The Morgan fingerprint density at radius 2 is 1.86 bits per heavy atom. The predicted molar refractivity (Wildman–Crippen MR) is 135 cm³/mol. The molecule has 1 spiro atoms. The first kappa shape index (κ1) is 22.9. The molecule has 7 heteroatoms. The number of carbonyl (C=O) groups is 2. The normalized spacial score (nSPS) is 22.5. The van der Waals surface area contributed by atoms with Gasteiger partial charge in [0, 0.05) is 23.4 Å². The van der Waals surface area contributed by atoms with Gasteiger partial charge >= 0.3 is 0 Å². The van der Waals surface area contributed by atoms with E-state index in [1.54, 1.807) is 32.4 Å². The summed E-state index contributed by atoms with van der Waals surface area (Å²) in [6, 6.07) is 21.2. The highest BCUT2D eigenvalue weighted by Crippen LogP contribution is 2.48. The van der Waals surface area contributed by atoms with Crippen LogP contribution in [-0.4, -0.2) is 32.1 Å². The third kappa shape index (κ3) is 4.02. The lowest BCUT2D eigenvalue weighted by Crippen LogP contribution is -2.52. The summed E-state index contributed by atoms with van der Waals surface area (Å²) in [4.78, 5) is 27.4. The van der Waals surface area contributed by atoms with Crippen LogP contribution in [0.25, 0.3) is 0 Å². The van der Waals surface area contributed by atoms with E-state index in [4.69, 9.17) is 9.47 Å². The molecule has 7 nitrogen and oxygen atoms in total. The number of rotatable bonds is 6. The maximum Gasteiger partial charge on any atom is 0.250 e. The Bertz CT molecular complexity index is 1280. The Kier molecular flexibility index (Phi) is 5.94. The zero-order chi connectivity index (χ0) is 24.6. The first-order valence-corrected chi connectivity index (χ1v) is 11.7. The van der Waals surface area contributed by atoms with E-state index in [0.717, 1.165) is 22.4 Å². The number of ether oxygens (including phenoxy) is 2. The smallest absolute Gasteiger partial charge is 0.250 e. The van der Waals surface area contributed by atoms with Gasteiger partial charge in [-0.15, -0.1) is 0 Å². The average Bonchev–Trinajstić information content (AvgIpc) is 3.38. The van der Waals surface area contributed by atoms with E-state index in [1.165, 1.54) is 0 Å². The van der Waals surface area contributed by atoms with Gasteiger partial charge in [-0.05, 0) is 43.5 Å². The van der Waals surface area contributed by atoms with E-state index in [9.17, 15) is 9.59 Å². The lowest BCUT2D eigenvalue weighted by Gasteiger charge is -2.29. The maximum atomic E-state index is 13.9. The minimum absolute atomic E-state index is 0.0578. The van der Waals surface area contributed by atoms with Crippen molar-refractivity contribution >= 4 is 23.2 Å². The number of anilines is 2. The van der Waals surface area contributed by atoms with Crippen molar-refractivity contribution in [2.24, 2.45) is 5.92 Å². The molecule has 3 aromatic rings. The second kappa shape index (κ2) is 9.07. The fourth-order valence-corrected chi connectivity index (χ4v) is 5.34. The van der Waals surface area contributed by atoms with Crippen molar-refractivity contribution in [3.8, 4) is 11.5 Å². The molecule has 2 aliphatic rings. The molecule has 0 saturated carbocycles. The molecule has 0 unspecified atom stereocenters. The third-order valence-electron chi connectivity index (χ3n) is 6.99. The number of nitrogens with one attached hydrogen (secondary N) is 3. The Labute approximate surface area is 204 Å². The Morgan fingerprint density at radius 1 is 1.06 bits per heavy atom. The summed E-state index contributed by atoms with van der Waals surface area (Å²) in [6.07, 6.45) is 1.22. The minimum atomic E-state index is -1.16. The van der Waals surface area contributed by atoms with Crippen LogP contribution in [0.15, 0.2) is 66.7 Å². The second-order valence-corrected chi connectivity index (χ2v) is 9.19. The van der Waals surface area contributed by atoms with Gasteiger partial charge in [0.1, 0.15) is 17.0 Å². The van der Waals surface area contributed by atoms with Crippen molar-refractivity contribution in [1.29, 1.82) is 0 Å². The van der Waals surface area contributed by atoms with Crippen molar-refractivity contribution in [2.75, 3.05) is 24.9 Å². The number of methoxy groups -OCH3 is 2. The van der Waals surface area contributed by atoms with Gasteiger partial charge in [-0.3, -0.25) is 14.9 Å². The van der Waals surface area contributed by atoms with Gasteiger partial charge in [-0.25, -0.2) is 0 Å². The molecule has 2 amide bonds. The quantitative estimate of drug-likeness (QED) is 0.505. The largest absolute Gasteiger partial charge is 0.497 e. The molecule has 1 fully saturated rings. The van der Waals surface area contributed by atoms with Gasteiger partial charge < -0.3 is 20.1 Å². The number of fused-ring (bicyclic) bond motifs is 2. The van der Waals surface area contributed by atoms with Crippen LogP contribution in [0.1, 0.15) is 23.1 Å². The van der Waals surface area contributed by atoms with E-state index >= 15 is 0 Å². The lowest BCUT2D eigenvalue weighted by atomic mass is 9.79. The number of carbonyl (C=O) groups excluding carboxylic acids is 2. The van der Waals surface area contributed by atoms with Gasteiger partial charge in [0.2, 0.25) is 11.8 Å². The predicted octanol–water partition coefficient (Wildman–Crippen LogP) is 4.02. The first-order chi connectivity index (χ1) is 16.9. The van der Waals surface area contributed by atoms with Gasteiger partial charge in [0.05, 0.1) is 25.8 Å². The Hall–Kier alpha value is -3.84. The lowest BCUT2D eigenvalue weighted by molar-refractivity contribution is -0.130. The zero-order valence-electron chi connectivity index (χ0n) is 20.1. The Morgan fingerprint density at radius 3 is 2.60 bits per heavy atom. The van der Waals surface area contributed by atoms with Crippen molar-refractivity contribution in [3.05, 3.63) is 83.4 Å². The summed E-state index contributed by atoms with van der Waals surface area (Å²) < 4.78 is 10.8. The van der Waals surface area contributed by atoms with E-state index in [2.05, 4.69) is 28.1 Å². The summed E-state index contributed by atoms with van der Waals surface area (Å²) in [7, 11) is 3.12. The SMILES string of the molecule is COc1ccc(OC)c(NC(=O)[C@H]2C[C@H](Cc3ccccc3)N[C@@]23C(=O)Nc2ccc(C)cc23)c1. The van der Waals surface area contributed by atoms with Crippen LogP contribution in [0.4, 0.5) is 11.4 Å². The molecule has 0 bridgehead atoms. The van der Waals surface area contributed by atoms with E-state index < -0.39 is 11.5 Å². The van der Waals surface area contributed by atoms with Crippen LogP contribution in [0.5, 0.6) is 11.5 Å². The zero-order valence-corrected chi connectivity index (χ0v) is 20.1. The molecule has 180 valence electrons. The summed E-state index contributed by atoms with van der Waals surface area (Å²) in [5.41, 5.74) is 3.08. The second-order valence-electron chi connectivity index (χ2n) is 9.19. The fourth-order valence-electron chi connectivity index (χ4n) is 5.34. The van der Waals surface area contributed by atoms with Gasteiger partial charge in [-0.1, -0.05) is 48.0 Å². The summed E-state index contributed by atoms with van der Waals surface area (Å²) in [6.45, 7) is 1.99. The van der Waals surface area contributed by atoms with Crippen molar-refractivity contribution in [2.45, 2.75) is 31.3 Å². The van der Waals surface area contributed by atoms with Crippen LogP contribution in [-0.2, 0) is 21.5 Å². The van der Waals surface area contributed by atoms with Crippen LogP contribution >= 0.6 is 0 Å². The standard InChI is InChI=1S/C28H29N3O4/c1-17-9-11-23-21(13-17)28(27(33)30-23)22(15-19(31-28)14-18-7-5-4-6-8-18)26(32)29-24-16-20(34-2)10-12-25(24)35-3/h4-13,16,19,22,31H,14-15H2,1-3H3,(H,29,32)(H,30,33)/t19-,22+,28+/m0/s1. The molecule has 0 aromatic heterocycles. The van der Waals surface area contributed by atoms with Gasteiger partial charge in [0.25, 0.3) is 0 Å². The number of hydrogen-bond acceptors (Lipinski definition) is 5. The monoisotopic (exact) mass is 471 g/mol. The minimum Gasteiger partial charge on any atom is -0.497 e. The van der Waals surface area contributed by atoms with E-state index in [-0.39, 0.29) is 17.9 Å². The van der Waals surface area contributed by atoms with Crippen LogP contribution < -0.4 is 25.4 Å². The highest BCUT2D eigenvalue weighted by atomic mass is 16.5.